The van der Waals surface area contributed by atoms with Crippen molar-refractivity contribution < 1.29 is 19.5 Å². The predicted octanol–water partition coefficient (Wildman–Crippen LogP) is -0.449. The topological polar surface area (TPSA) is 147 Å². The van der Waals surface area contributed by atoms with Gasteiger partial charge < -0.3 is 16.2 Å². The number of aromatic nitrogens is 2. The van der Waals surface area contributed by atoms with Crippen molar-refractivity contribution in [1.29, 1.82) is 0 Å². The number of nitrogens with zero attached hydrogens (tertiary/aromatic N) is 2. The summed E-state index contributed by atoms with van der Waals surface area (Å²) in [5, 5.41) is 21.7. The Morgan fingerprint density at radius 3 is 2.58 bits per heavy atom. The lowest BCUT2D eigenvalue weighted by Crippen LogP contribution is -2.45. The van der Waals surface area contributed by atoms with E-state index in [1.54, 1.807) is 0 Å². The average molecular weight is 287 g/mol. The van der Waals surface area contributed by atoms with Crippen LogP contribution in [0.1, 0.15) is 18.4 Å². The molecule has 0 aliphatic rings. The van der Waals surface area contributed by atoms with E-state index in [4.69, 9.17) is 10.8 Å². The Morgan fingerprint density at radius 1 is 1.42 bits per heavy atom. The predicted molar refractivity (Wildman–Crippen MR) is 66.7 cm³/mol. The number of aliphatic carboxylic acids is 1. The number of nitrogens with one attached hydrogen (secondary N) is 2. The summed E-state index contributed by atoms with van der Waals surface area (Å²) < 4.78 is 0. The van der Waals surface area contributed by atoms with Gasteiger partial charge in [0.25, 0.3) is 0 Å². The van der Waals surface area contributed by atoms with Gasteiger partial charge in [0, 0.05) is 0 Å². The molecule has 0 fully saturated rings. The highest BCUT2D eigenvalue weighted by atomic mass is 32.1. The van der Waals surface area contributed by atoms with Gasteiger partial charge in [0.15, 0.2) is 0 Å². The number of primary amides is 1. The lowest BCUT2D eigenvalue weighted by Gasteiger charge is -2.12. The fourth-order valence-electron chi connectivity index (χ4n) is 1.14. The molecule has 10 heteroatoms. The Hall–Kier alpha value is -2.23. The normalized spacial score (nSPS) is 11.6. The van der Waals surface area contributed by atoms with E-state index in [-0.39, 0.29) is 5.13 Å². The van der Waals surface area contributed by atoms with Crippen LogP contribution in [0.25, 0.3) is 0 Å². The van der Waals surface area contributed by atoms with E-state index in [0.717, 1.165) is 5.01 Å². The Kier molecular flexibility index (Phi) is 5.18. The van der Waals surface area contributed by atoms with Gasteiger partial charge in [-0.15, -0.1) is 10.2 Å². The zero-order valence-electron chi connectivity index (χ0n) is 10.0. The maximum Gasteiger partial charge on any atom is 0.326 e. The van der Waals surface area contributed by atoms with Gasteiger partial charge in [-0.1, -0.05) is 18.3 Å². The SMILES string of the molecule is CCc1nnc(NC(=O)NC(CC(N)=O)C(=O)O)s1. The summed E-state index contributed by atoms with van der Waals surface area (Å²) in [6.07, 6.45) is 0.194. The van der Waals surface area contributed by atoms with Gasteiger partial charge in [-0.3, -0.25) is 10.1 Å². The number of hydrogen-bond donors (Lipinski definition) is 4. The highest BCUT2D eigenvalue weighted by molar-refractivity contribution is 7.15. The van der Waals surface area contributed by atoms with Gasteiger partial charge in [-0.2, -0.15) is 0 Å². The number of carboxylic acid groups (broad SMARTS) is 1. The first-order chi connectivity index (χ1) is 8.92. The number of urea groups is 1. The number of carbonyl (C=O) groups is 3. The molecule has 0 spiro atoms. The van der Waals surface area contributed by atoms with E-state index in [9.17, 15) is 14.4 Å². The van der Waals surface area contributed by atoms with Crippen LogP contribution in [-0.2, 0) is 16.0 Å². The van der Waals surface area contributed by atoms with Gasteiger partial charge in [0.2, 0.25) is 11.0 Å². The second-order valence-corrected chi connectivity index (χ2v) is 4.58. The molecule has 3 amide bonds. The minimum atomic E-state index is -1.38. The first kappa shape index (κ1) is 14.8. The molecule has 0 saturated carbocycles. The van der Waals surface area contributed by atoms with Gasteiger partial charge in [-0.05, 0) is 6.42 Å². The van der Waals surface area contributed by atoms with Gasteiger partial charge in [0.1, 0.15) is 11.0 Å². The van der Waals surface area contributed by atoms with E-state index in [1.165, 1.54) is 11.3 Å². The molecule has 1 aromatic heterocycles. The van der Waals surface area contributed by atoms with Crippen LogP contribution >= 0.6 is 11.3 Å². The van der Waals surface area contributed by atoms with Gasteiger partial charge in [-0.25, -0.2) is 9.59 Å². The third kappa shape index (κ3) is 4.87. The lowest BCUT2D eigenvalue weighted by atomic mass is 10.2. The molecule has 0 radical (unpaired) electrons. The fourth-order valence-corrected chi connectivity index (χ4v) is 1.81. The van der Waals surface area contributed by atoms with Crippen LogP contribution in [0.3, 0.4) is 0 Å². The van der Waals surface area contributed by atoms with Crippen molar-refractivity contribution in [2.45, 2.75) is 25.8 Å². The zero-order chi connectivity index (χ0) is 14.4. The second-order valence-electron chi connectivity index (χ2n) is 3.51. The minimum Gasteiger partial charge on any atom is -0.480 e. The maximum atomic E-state index is 11.5. The molecule has 1 aromatic rings. The first-order valence-electron chi connectivity index (χ1n) is 5.33. The van der Waals surface area contributed by atoms with Crippen molar-refractivity contribution in [3.05, 3.63) is 5.01 Å². The van der Waals surface area contributed by atoms with Crippen molar-refractivity contribution in [1.82, 2.24) is 15.5 Å². The van der Waals surface area contributed by atoms with Crippen molar-refractivity contribution >= 4 is 34.4 Å². The minimum absolute atomic E-state index is 0.248. The smallest absolute Gasteiger partial charge is 0.326 e. The number of rotatable bonds is 6. The Balaban J connectivity index is 2.57. The Bertz CT molecular complexity index is 489. The van der Waals surface area contributed by atoms with Crippen LogP contribution in [0.2, 0.25) is 0 Å². The van der Waals surface area contributed by atoms with E-state index in [0.29, 0.717) is 6.42 Å². The molecular formula is C9H13N5O4S. The van der Waals surface area contributed by atoms with E-state index in [1.807, 2.05) is 6.92 Å². The molecule has 0 aliphatic heterocycles. The van der Waals surface area contributed by atoms with Crippen LogP contribution in [0.5, 0.6) is 0 Å². The third-order valence-electron chi connectivity index (χ3n) is 2.00. The van der Waals surface area contributed by atoms with Crippen molar-refractivity contribution in [2.24, 2.45) is 5.73 Å². The number of anilines is 1. The average Bonchev–Trinajstić information content (AvgIpc) is 2.75. The van der Waals surface area contributed by atoms with Crippen LogP contribution in [-0.4, -0.2) is 39.3 Å². The summed E-state index contributed by atoms with van der Waals surface area (Å²) in [6.45, 7) is 1.89. The van der Waals surface area contributed by atoms with Crippen LogP contribution in [0, 0.1) is 0 Å². The summed E-state index contributed by atoms with van der Waals surface area (Å²) in [5.74, 6) is -2.17. The summed E-state index contributed by atoms with van der Waals surface area (Å²) >= 11 is 1.18. The molecule has 1 unspecified atom stereocenters. The largest absolute Gasteiger partial charge is 0.480 e. The standard InChI is InChI=1S/C9H13N5O4S/c1-2-6-13-14-9(19-6)12-8(18)11-4(7(16)17)3-5(10)15/h4H,2-3H2,1H3,(H2,10,15)(H,16,17)(H2,11,12,14,18). The highest BCUT2D eigenvalue weighted by Crippen LogP contribution is 2.14. The van der Waals surface area contributed by atoms with E-state index < -0.39 is 30.4 Å². The summed E-state index contributed by atoms with van der Waals surface area (Å²) in [4.78, 5) is 33.0. The van der Waals surface area contributed by atoms with E-state index in [2.05, 4.69) is 20.8 Å². The molecule has 5 N–H and O–H groups in total. The number of aryl methyl sites for hydroxylation is 1. The molecule has 1 atom stereocenters. The first-order valence-corrected chi connectivity index (χ1v) is 6.15. The number of carboxylic acids is 1. The van der Waals surface area contributed by atoms with Crippen LogP contribution in [0.4, 0.5) is 9.93 Å². The van der Waals surface area contributed by atoms with Crippen LogP contribution < -0.4 is 16.4 Å². The summed E-state index contributed by atoms with van der Waals surface area (Å²) in [6, 6.07) is -2.16. The van der Waals surface area contributed by atoms with Gasteiger partial charge >= 0.3 is 12.0 Å². The maximum absolute atomic E-state index is 11.5. The van der Waals surface area contributed by atoms with Crippen molar-refractivity contribution in [3.63, 3.8) is 0 Å². The number of hydrogen-bond acceptors (Lipinski definition) is 6. The quantitative estimate of drug-likeness (QED) is 0.557. The fraction of sp³-hybridized carbons (Fsp3) is 0.444. The molecule has 9 nitrogen and oxygen atoms in total. The number of carbonyl (C=O) groups excluding carboxylic acids is 2. The van der Waals surface area contributed by atoms with Crippen molar-refractivity contribution in [2.75, 3.05) is 5.32 Å². The third-order valence-corrected chi connectivity index (χ3v) is 2.98. The molecular weight excluding hydrogens is 274 g/mol. The Morgan fingerprint density at radius 2 is 2.11 bits per heavy atom. The molecule has 104 valence electrons. The molecule has 0 aliphatic carbocycles. The van der Waals surface area contributed by atoms with E-state index >= 15 is 0 Å². The van der Waals surface area contributed by atoms with Crippen LogP contribution in [0.15, 0.2) is 0 Å². The monoisotopic (exact) mass is 287 g/mol. The molecule has 0 saturated heterocycles. The van der Waals surface area contributed by atoms with Crippen molar-refractivity contribution in [3.8, 4) is 0 Å². The number of nitrogens with two attached hydrogens (primary N) is 1. The lowest BCUT2D eigenvalue weighted by molar-refractivity contribution is -0.140. The second kappa shape index (κ2) is 6.64. The summed E-state index contributed by atoms with van der Waals surface area (Å²) in [5.41, 5.74) is 4.89. The highest BCUT2D eigenvalue weighted by Gasteiger charge is 2.22. The molecule has 1 rings (SSSR count). The summed E-state index contributed by atoms with van der Waals surface area (Å²) in [7, 11) is 0. The molecule has 1 heterocycles. The molecule has 0 bridgehead atoms. The molecule has 19 heavy (non-hydrogen) atoms. The zero-order valence-corrected chi connectivity index (χ0v) is 10.9. The Labute approximate surface area is 112 Å². The molecule has 0 aromatic carbocycles. The van der Waals surface area contributed by atoms with Gasteiger partial charge in [0.05, 0.1) is 6.42 Å². The number of amides is 3.